The summed E-state index contributed by atoms with van der Waals surface area (Å²) in [6.45, 7) is 2.74. The van der Waals surface area contributed by atoms with E-state index in [9.17, 15) is 23.1 Å². The number of hydrogen-bond acceptors (Lipinski definition) is 4. The molecule has 4 atom stereocenters. The molecular weight excluding hydrogens is 483 g/mol. The molecule has 4 unspecified atom stereocenters. The molecule has 1 heterocycles. The van der Waals surface area contributed by atoms with Crippen molar-refractivity contribution in [3.8, 4) is 0 Å². The Hall–Kier alpha value is -1.55. The summed E-state index contributed by atoms with van der Waals surface area (Å²) >= 11 is 6.22. The summed E-state index contributed by atoms with van der Waals surface area (Å²) in [5.74, 6) is -1.77. The number of amides is 2. The molecule has 1 aliphatic rings. The molecule has 1 aromatic carbocycles. The van der Waals surface area contributed by atoms with Crippen LogP contribution in [0.5, 0.6) is 0 Å². The minimum absolute atomic E-state index is 0.209. The second kappa shape index (κ2) is 13.7. The van der Waals surface area contributed by atoms with Crippen LogP contribution < -0.4 is 10.6 Å². The third kappa shape index (κ3) is 8.81. The average molecular weight is 522 g/mol. The van der Waals surface area contributed by atoms with Crippen molar-refractivity contribution < 1.29 is 27.8 Å². The number of piperidine rings is 1. The number of alkyl halides is 3. The highest BCUT2D eigenvalue weighted by atomic mass is 35.5. The van der Waals surface area contributed by atoms with Crippen molar-refractivity contribution in [1.29, 1.82) is 0 Å². The summed E-state index contributed by atoms with van der Waals surface area (Å²) < 4.78 is 44.4. The molecule has 0 spiro atoms. The normalized spacial score (nSPS) is 20.2. The van der Waals surface area contributed by atoms with E-state index in [-0.39, 0.29) is 18.9 Å². The minimum atomic E-state index is -4.32. The summed E-state index contributed by atoms with van der Waals surface area (Å²) in [6.07, 6.45) is -1.10. The molecule has 0 aliphatic carbocycles. The number of aliphatic hydroxyl groups is 1. The average Bonchev–Trinajstić information content (AvgIpc) is 2.81. The van der Waals surface area contributed by atoms with Gasteiger partial charge >= 0.3 is 12.2 Å². The van der Waals surface area contributed by atoms with E-state index in [0.717, 1.165) is 26.2 Å². The van der Waals surface area contributed by atoms with E-state index in [1.807, 2.05) is 6.07 Å². The van der Waals surface area contributed by atoms with Gasteiger partial charge in [0, 0.05) is 50.3 Å². The van der Waals surface area contributed by atoms with Gasteiger partial charge in [-0.15, -0.1) is 0 Å². The predicted molar refractivity (Wildman–Crippen MR) is 131 cm³/mol. The number of carbonyl (C=O) groups excluding carboxylic acids is 1. The first-order valence-electron chi connectivity index (χ1n) is 12.2. The zero-order valence-electron chi connectivity index (χ0n) is 20.8. The number of ether oxygens (including phenoxy) is 1. The topological polar surface area (TPSA) is 73.8 Å². The molecule has 0 aromatic heterocycles. The van der Waals surface area contributed by atoms with Gasteiger partial charge in [0.25, 0.3) is 0 Å². The van der Waals surface area contributed by atoms with Crippen LogP contribution >= 0.6 is 11.6 Å². The van der Waals surface area contributed by atoms with Crippen LogP contribution in [-0.2, 0) is 10.3 Å². The number of urea groups is 1. The van der Waals surface area contributed by atoms with Crippen molar-refractivity contribution in [3.05, 3.63) is 34.9 Å². The van der Waals surface area contributed by atoms with Gasteiger partial charge < -0.3 is 25.4 Å². The fourth-order valence-electron chi connectivity index (χ4n) is 4.80. The van der Waals surface area contributed by atoms with E-state index < -0.39 is 29.8 Å². The molecule has 0 bridgehead atoms. The van der Waals surface area contributed by atoms with Crippen molar-refractivity contribution >= 4 is 17.6 Å². The third-order valence-corrected chi connectivity index (χ3v) is 7.07. The Morgan fingerprint density at radius 2 is 2.09 bits per heavy atom. The first-order valence-corrected chi connectivity index (χ1v) is 12.6. The van der Waals surface area contributed by atoms with Crippen LogP contribution in [0, 0.1) is 11.8 Å². The lowest BCUT2D eigenvalue weighted by Gasteiger charge is -2.43. The molecule has 1 saturated heterocycles. The van der Waals surface area contributed by atoms with E-state index in [2.05, 4.69) is 10.6 Å². The second-order valence-electron chi connectivity index (χ2n) is 9.55. The number of nitrogens with zero attached hydrogens (tertiary/aromatic N) is 1. The van der Waals surface area contributed by atoms with Gasteiger partial charge in [-0.2, -0.15) is 13.2 Å². The van der Waals surface area contributed by atoms with E-state index in [4.69, 9.17) is 16.3 Å². The van der Waals surface area contributed by atoms with Crippen LogP contribution in [0.15, 0.2) is 24.3 Å². The lowest BCUT2D eigenvalue weighted by atomic mass is 9.74. The monoisotopic (exact) mass is 521 g/mol. The maximum atomic E-state index is 13.1. The Kier molecular flexibility index (Phi) is 11.6. The fourth-order valence-corrected chi connectivity index (χ4v) is 4.99. The number of methoxy groups -OCH3 is 1. The molecule has 0 radical (unpaired) electrons. The van der Waals surface area contributed by atoms with Crippen LogP contribution in [0.25, 0.3) is 0 Å². The van der Waals surface area contributed by atoms with Crippen molar-refractivity contribution in [2.75, 3.05) is 40.4 Å². The lowest BCUT2D eigenvalue weighted by molar-refractivity contribution is -0.172. The Labute approximate surface area is 211 Å². The van der Waals surface area contributed by atoms with Crippen LogP contribution in [0.1, 0.15) is 51.0 Å². The van der Waals surface area contributed by atoms with Gasteiger partial charge in [-0.25, -0.2) is 4.79 Å². The van der Waals surface area contributed by atoms with Crippen molar-refractivity contribution in [1.82, 2.24) is 15.5 Å². The summed E-state index contributed by atoms with van der Waals surface area (Å²) in [7, 11) is 3.28. The first-order chi connectivity index (χ1) is 16.5. The smallest absolute Gasteiger partial charge is 0.385 e. The number of rotatable bonds is 12. The van der Waals surface area contributed by atoms with Gasteiger partial charge in [0.15, 0.2) is 0 Å². The maximum absolute atomic E-state index is 13.1. The minimum Gasteiger partial charge on any atom is -0.385 e. The van der Waals surface area contributed by atoms with Crippen LogP contribution in [-0.4, -0.2) is 68.7 Å². The van der Waals surface area contributed by atoms with Crippen molar-refractivity contribution in [2.45, 2.75) is 63.3 Å². The van der Waals surface area contributed by atoms with Gasteiger partial charge in [-0.3, -0.25) is 0 Å². The van der Waals surface area contributed by atoms with Crippen LogP contribution in [0.2, 0.25) is 5.02 Å². The molecule has 1 aliphatic heterocycles. The Bertz CT molecular complexity index is 799. The van der Waals surface area contributed by atoms with Gasteiger partial charge in [0.05, 0.1) is 11.5 Å². The fraction of sp³-hybridized carbons (Fsp3) is 0.720. The molecule has 1 aromatic rings. The van der Waals surface area contributed by atoms with E-state index in [1.165, 1.54) is 0 Å². The van der Waals surface area contributed by atoms with E-state index in [0.29, 0.717) is 43.1 Å². The number of benzene rings is 1. The summed E-state index contributed by atoms with van der Waals surface area (Å²) in [6, 6.07) is 6.10. The standard InChI is InChI=1S/C25H39ClF3N3O3/c1-18(25(27,28)29)14-22(16-30-2)31-23(33)32-12-7-9-20(17-32)24(34,11-4-5-13-35-3)19-8-6-10-21(26)15-19/h6,8,10,15,18,20,22,30,34H,4-5,7,9,11-14,16-17H2,1-3H3,(H,31,33). The number of likely N-dealkylation sites (tertiary alicyclic amines) is 1. The lowest BCUT2D eigenvalue weighted by Crippen LogP contribution is -2.54. The Balaban J connectivity index is 2.15. The highest BCUT2D eigenvalue weighted by Gasteiger charge is 2.42. The quantitative estimate of drug-likeness (QED) is 0.341. The predicted octanol–water partition coefficient (Wildman–Crippen LogP) is 4.94. The molecule has 200 valence electrons. The third-order valence-electron chi connectivity index (χ3n) is 6.84. The zero-order valence-corrected chi connectivity index (χ0v) is 21.6. The highest BCUT2D eigenvalue weighted by Crippen LogP contribution is 2.40. The van der Waals surface area contributed by atoms with Crippen LogP contribution in [0.3, 0.4) is 0 Å². The molecule has 2 rings (SSSR count). The first kappa shape index (κ1) is 29.7. The summed E-state index contributed by atoms with van der Waals surface area (Å²) in [5, 5.41) is 18.1. The largest absolute Gasteiger partial charge is 0.391 e. The van der Waals surface area contributed by atoms with E-state index >= 15 is 0 Å². The Morgan fingerprint density at radius 1 is 1.34 bits per heavy atom. The number of hydrogen-bond donors (Lipinski definition) is 3. The van der Waals surface area contributed by atoms with Crippen molar-refractivity contribution in [3.63, 3.8) is 0 Å². The molecule has 6 nitrogen and oxygen atoms in total. The number of halogens is 4. The Morgan fingerprint density at radius 3 is 2.71 bits per heavy atom. The molecule has 35 heavy (non-hydrogen) atoms. The second-order valence-corrected chi connectivity index (χ2v) is 9.99. The number of nitrogens with one attached hydrogen (secondary N) is 2. The maximum Gasteiger partial charge on any atom is 0.391 e. The molecule has 3 N–H and O–H groups in total. The molecule has 2 amide bonds. The van der Waals surface area contributed by atoms with Gasteiger partial charge in [0.1, 0.15) is 0 Å². The SMILES string of the molecule is CNCC(CC(C)C(F)(F)F)NC(=O)N1CCCC(C(O)(CCCCOC)c2cccc(Cl)c2)C1. The number of carbonyl (C=O) groups is 1. The highest BCUT2D eigenvalue weighted by molar-refractivity contribution is 6.30. The number of likely N-dealkylation sites (N-methyl/N-ethyl adjacent to an activating group) is 1. The molecule has 1 fully saturated rings. The van der Waals surface area contributed by atoms with Crippen LogP contribution in [0.4, 0.5) is 18.0 Å². The van der Waals surface area contributed by atoms with Crippen molar-refractivity contribution in [2.24, 2.45) is 11.8 Å². The molecular formula is C25H39ClF3N3O3. The van der Waals surface area contributed by atoms with E-state index in [1.54, 1.807) is 37.3 Å². The molecule has 0 saturated carbocycles. The van der Waals surface area contributed by atoms with Gasteiger partial charge in [-0.05, 0) is 63.3 Å². The summed E-state index contributed by atoms with van der Waals surface area (Å²) in [4.78, 5) is 14.7. The zero-order chi connectivity index (χ0) is 26.1. The van der Waals surface area contributed by atoms with Gasteiger partial charge in [0.2, 0.25) is 0 Å². The van der Waals surface area contributed by atoms with Gasteiger partial charge in [-0.1, -0.05) is 30.7 Å². The summed E-state index contributed by atoms with van der Waals surface area (Å²) in [5.41, 5.74) is -0.478. The number of unbranched alkanes of at least 4 members (excludes halogenated alkanes) is 1. The molecule has 10 heteroatoms.